The van der Waals surface area contributed by atoms with Crippen molar-refractivity contribution in [3.63, 3.8) is 0 Å². The molecule has 1 radical (unpaired) electrons. The first kappa shape index (κ1) is 16.6. The second-order valence-corrected chi connectivity index (χ2v) is 6.24. The summed E-state index contributed by atoms with van der Waals surface area (Å²) in [6.07, 6.45) is 13.4. The van der Waals surface area contributed by atoms with Crippen molar-refractivity contribution in [3.05, 3.63) is 35.9 Å². The predicted octanol–water partition coefficient (Wildman–Crippen LogP) is 6.33. The minimum atomic E-state index is 0.419. The first-order valence-electron chi connectivity index (χ1n) is 8.02. The largest absolute Gasteiger partial charge is 0.0901 e. The van der Waals surface area contributed by atoms with E-state index in [-0.39, 0.29) is 0 Å². The van der Waals surface area contributed by atoms with Gasteiger partial charge in [-0.3, -0.25) is 0 Å². The fourth-order valence-electron chi connectivity index (χ4n) is 2.48. The van der Waals surface area contributed by atoms with Gasteiger partial charge in [0.2, 0.25) is 0 Å². The summed E-state index contributed by atoms with van der Waals surface area (Å²) in [5.41, 5.74) is 1.39. The lowest BCUT2D eigenvalue weighted by Gasteiger charge is -2.09. The van der Waals surface area contributed by atoms with Crippen molar-refractivity contribution in [2.24, 2.45) is 0 Å². The van der Waals surface area contributed by atoms with Crippen LogP contribution >= 0.6 is 12.6 Å². The van der Waals surface area contributed by atoms with Crippen LogP contribution in [-0.4, -0.2) is 5.25 Å². The van der Waals surface area contributed by atoms with Gasteiger partial charge in [0.25, 0.3) is 0 Å². The number of benzene rings is 1. The van der Waals surface area contributed by atoms with E-state index in [0.717, 1.165) is 6.42 Å². The molecule has 0 aliphatic heterocycles. The summed E-state index contributed by atoms with van der Waals surface area (Å²) in [6, 6.07) is 10.7. The zero-order valence-electron chi connectivity index (χ0n) is 12.4. The van der Waals surface area contributed by atoms with Gasteiger partial charge in [-0.15, -0.1) is 0 Å². The maximum Gasteiger partial charge on any atom is 0.0191 e. The highest BCUT2D eigenvalue weighted by Gasteiger charge is 2.04. The molecule has 0 N–H and O–H groups in total. The Morgan fingerprint density at radius 3 is 2.05 bits per heavy atom. The molecule has 1 unspecified atom stereocenters. The van der Waals surface area contributed by atoms with E-state index in [0.29, 0.717) is 5.25 Å². The molecule has 1 rings (SSSR count). The van der Waals surface area contributed by atoms with E-state index in [1.54, 1.807) is 0 Å². The maximum absolute atomic E-state index is 5.55. The first-order chi connectivity index (χ1) is 9.33. The molecular weight excluding hydrogens is 248 g/mol. The summed E-state index contributed by atoms with van der Waals surface area (Å²) in [4.78, 5) is 0. The fraction of sp³-hybridized carbons (Fsp3) is 0.667. The van der Waals surface area contributed by atoms with Crippen molar-refractivity contribution in [1.29, 1.82) is 0 Å². The molecule has 0 aromatic heterocycles. The van der Waals surface area contributed by atoms with E-state index in [1.165, 1.54) is 63.4 Å². The molecule has 1 aromatic carbocycles. The molecule has 0 aliphatic carbocycles. The maximum atomic E-state index is 5.55. The van der Waals surface area contributed by atoms with Crippen molar-refractivity contribution < 1.29 is 0 Å². The summed E-state index contributed by atoms with van der Waals surface area (Å²) >= 11 is 5.55. The Hall–Kier alpha value is -0.430. The Morgan fingerprint density at radius 1 is 0.842 bits per heavy atom. The van der Waals surface area contributed by atoms with Crippen LogP contribution in [-0.2, 0) is 6.42 Å². The van der Waals surface area contributed by atoms with Crippen molar-refractivity contribution in [1.82, 2.24) is 0 Å². The Labute approximate surface area is 125 Å². The predicted molar refractivity (Wildman–Crippen MR) is 88.8 cm³/mol. The third-order valence-corrected chi connectivity index (χ3v) is 4.09. The molecule has 1 heteroatoms. The van der Waals surface area contributed by atoms with Gasteiger partial charge in [-0.2, -0.15) is 0 Å². The summed E-state index contributed by atoms with van der Waals surface area (Å²) < 4.78 is 0. The van der Waals surface area contributed by atoms with E-state index in [2.05, 4.69) is 37.3 Å². The van der Waals surface area contributed by atoms with E-state index >= 15 is 0 Å². The van der Waals surface area contributed by atoms with Crippen LogP contribution in [0.1, 0.15) is 70.3 Å². The van der Waals surface area contributed by atoms with E-state index < -0.39 is 0 Å². The Balaban J connectivity index is 1.94. The van der Waals surface area contributed by atoms with Crippen LogP contribution in [0.5, 0.6) is 0 Å². The van der Waals surface area contributed by atoms with Crippen LogP contribution in [0, 0.1) is 0 Å². The molecule has 0 nitrogen and oxygen atoms in total. The lowest BCUT2D eigenvalue weighted by Crippen LogP contribution is -2.03. The van der Waals surface area contributed by atoms with Gasteiger partial charge in [-0.25, -0.2) is 0 Å². The van der Waals surface area contributed by atoms with E-state index in [9.17, 15) is 0 Å². The van der Waals surface area contributed by atoms with Gasteiger partial charge in [-0.05, 0) is 18.4 Å². The van der Waals surface area contributed by atoms with Crippen LogP contribution in [0.3, 0.4) is 0 Å². The minimum absolute atomic E-state index is 0.419. The zero-order valence-corrected chi connectivity index (χ0v) is 13.3. The molecule has 0 aliphatic rings. The molecule has 0 amide bonds. The molecule has 0 heterocycles. The van der Waals surface area contributed by atoms with Crippen molar-refractivity contribution in [2.45, 2.75) is 76.4 Å². The van der Waals surface area contributed by atoms with Crippen LogP contribution in [0.2, 0.25) is 0 Å². The average molecular weight is 277 g/mol. The Kier molecular flexibility index (Phi) is 9.98. The highest BCUT2D eigenvalue weighted by atomic mass is 32.1. The molecule has 19 heavy (non-hydrogen) atoms. The second-order valence-electron chi connectivity index (χ2n) is 5.58. The molecule has 1 aromatic rings. The van der Waals surface area contributed by atoms with Gasteiger partial charge < -0.3 is 0 Å². The fourth-order valence-corrected chi connectivity index (χ4v) is 2.84. The number of hydrogen-bond donors (Lipinski definition) is 0. The molecule has 0 fully saturated rings. The lowest BCUT2D eigenvalue weighted by atomic mass is 10.0. The summed E-state index contributed by atoms with van der Waals surface area (Å²) in [6.45, 7) is 2.27. The van der Waals surface area contributed by atoms with Crippen molar-refractivity contribution >= 4 is 12.6 Å². The average Bonchev–Trinajstić information content (AvgIpc) is 2.43. The number of hydrogen-bond acceptors (Lipinski definition) is 0. The van der Waals surface area contributed by atoms with Gasteiger partial charge in [0.1, 0.15) is 0 Å². The standard InChI is InChI=1S/C18H29S/c1-2-3-4-5-6-7-8-12-15-18(19)16-17-13-10-9-11-14-17/h9-11,13-14,18H,2-8,12,15-16H2,1H3. The summed E-state index contributed by atoms with van der Waals surface area (Å²) in [7, 11) is 0. The quantitative estimate of drug-likeness (QED) is 0.415. The summed E-state index contributed by atoms with van der Waals surface area (Å²) in [5, 5.41) is 0.419. The highest BCUT2D eigenvalue weighted by molar-refractivity contribution is 7.80. The van der Waals surface area contributed by atoms with Gasteiger partial charge >= 0.3 is 0 Å². The smallest absolute Gasteiger partial charge is 0.0191 e. The molecule has 107 valence electrons. The van der Waals surface area contributed by atoms with Crippen LogP contribution < -0.4 is 0 Å². The third kappa shape index (κ3) is 9.15. The van der Waals surface area contributed by atoms with Gasteiger partial charge in [0, 0.05) is 5.25 Å². The molecule has 0 spiro atoms. The molecule has 0 saturated heterocycles. The van der Waals surface area contributed by atoms with Crippen LogP contribution in [0.15, 0.2) is 30.3 Å². The third-order valence-electron chi connectivity index (χ3n) is 3.69. The number of rotatable bonds is 11. The SMILES string of the molecule is CCCCCCCCCCC([S])Cc1ccccc1. The first-order valence-corrected chi connectivity index (χ1v) is 8.49. The Morgan fingerprint density at radius 2 is 1.42 bits per heavy atom. The van der Waals surface area contributed by atoms with Crippen LogP contribution in [0.4, 0.5) is 0 Å². The van der Waals surface area contributed by atoms with Crippen molar-refractivity contribution in [3.8, 4) is 0 Å². The van der Waals surface area contributed by atoms with E-state index in [4.69, 9.17) is 12.6 Å². The number of unbranched alkanes of at least 4 members (excludes halogenated alkanes) is 7. The lowest BCUT2D eigenvalue weighted by molar-refractivity contribution is 0.560. The van der Waals surface area contributed by atoms with Crippen LogP contribution in [0.25, 0.3) is 0 Å². The molecule has 0 bridgehead atoms. The summed E-state index contributed by atoms with van der Waals surface area (Å²) in [5.74, 6) is 0. The Bertz CT molecular complexity index is 294. The molecular formula is C18H29S. The highest BCUT2D eigenvalue weighted by Crippen LogP contribution is 2.16. The minimum Gasteiger partial charge on any atom is -0.0901 e. The molecule has 0 saturated carbocycles. The van der Waals surface area contributed by atoms with E-state index in [1.807, 2.05) is 0 Å². The van der Waals surface area contributed by atoms with Gasteiger partial charge in [0.15, 0.2) is 0 Å². The normalized spacial score (nSPS) is 12.5. The monoisotopic (exact) mass is 277 g/mol. The molecule has 1 atom stereocenters. The van der Waals surface area contributed by atoms with Gasteiger partial charge in [0.05, 0.1) is 0 Å². The van der Waals surface area contributed by atoms with Gasteiger partial charge in [-0.1, -0.05) is 101 Å². The zero-order chi connectivity index (χ0) is 13.8. The second kappa shape index (κ2) is 11.4. The topological polar surface area (TPSA) is 0 Å². The van der Waals surface area contributed by atoms with Crippen molar-refractivity contribution in [2.75, 3.05) is 0 Å².